The molecule has 116 valence electrons. The highest BCUT2D eigenvalue weighted by atomic mass is 127. The molecule has 3 N–H and O–H groups in total. The van der Waals surface area contributed by atoms with Crippen molar-refractivity contribution in [2.24, 2.45) is 10.7 Å². The Kier molecular flexibility index (Phi) is 6.94. The van der Waals surface area contributed by atoms with Crippen LogP contribution < -0.4 is 5.73 Å². The summed E-state index contributed by atoms with van der Waals surface area (Å²) >= 11 is 0. The summed E-state index contributed by atoms with van der Waals surface area (Å²) in [5.74, 6) is 0.352. The second-order valence-corrected chi connectivity index (χ2v) is 4.67. The van der Waals surface area contributed by atoms with Gasteiger partial charge in [-0.3, -0.25) is 4.99 Å². The molecule has 0 aliphatic heterocycles. The lowest BCUT2D eigenvalue weighted by molar-refractivity contribution is 0.458. The average molecular weight is 404 g/mol. The number of fused-ring (bicyclic) bond motifs is 1. The predicted octanol–water partition coefficient (Wildman–Crippen LogP) is 3.12. The maximum Gasteiger partial charge on any atom is 0.191 e. The molecule has 1 aromatic heterocycles. The zero-order valence-electron chi connectivity index (χ0n) is 12.4. The van der Waals surface area contributed by atoms with Crippen molar-refractivity contribution in [1.29, 1.82) is 0 Å². The van der Waals surface area contributed by atoms with Crippen molar-refractivity contribution in [2.75, 3.05) is 19.6 Å². The predicted molar refractivity (Wildman–Crippen MR) is 96.8 cm³/mol. The van der Waals surface area contributed by atoms with Gasteiger partial charge >= 0.3 is 0 Å². The minimum atomic E-state index is -0.218. The number of nitrogens with two attached hydrogens (primary N) is 1. The number of aromatic amines is 1. The number of hydrogen-bond donors (Lipinski definition) is 2. The fraction of sp³-hybridized carbons (Fsp3) is 0.400. The highest BCUT2D eigenvalue weighted by Crippen LogP contribution is 2.19. The van der Waals surface area contributed by atoms with E-state index in [9.17, 15) is 4.39 Å². The van der Waals surface area contributed by atoms with E-state index in [-0.39, 0.29) is 29.8 Å². The minimum absolute atomic E-state index is 0. The van der Waals surface area contributed by atoms with Crippen molar-refractivity contribution in [2.45, 2.75) is 20.3 Å². The van der Waals surface area contributed by atoms with Crippen LogP contribution in [0.3, 0.4) is 0 Å². The van der Waals surface area contributed by atoms with E-state index in [0.717, 1.165) is 36.0 Å². The monoisotopic (exact) mass is 404 g/mol. The molecule has 0 saturated carbocycles. The van der Waals surface area contributed by atoms with Gasteiger partial charge in [-0.1, -0.05) is 0 Å². The maximum atomic E-state index is 13.3. The molecule has 0 radical (unpaired) electrons. The molecule has 0 saturated heterocycles. The van der Waals surface area contributed by atoms with Gasteiger partial charge in [0, 0.05) is 36.7 Å². The third-order valence-corrected chi connectivity index (χ3v) is 3.47. The van der Waals surface area contributed by atoms with Crippen molar-refractivity contribution in [3.63, 3.8) is 0 Å². The molecule has 1 aromatic carbocycles. The van der Waals surface area contributed by atoms with Crippen molar-refractivity contribution in [3.8, 4) is 0 Å². The van der Waals surface area contributed by atoms with Gasteiger partial charge < -0.3 is 15.6 Å². The minimum Gasteiger partial charge on any atom is -0.370 e. The summed E-state index contributed by atoms with van der Waals surface area (Å²) in [6.45, 7) is 6.41. The quantitative estimate of drug-likeness (QED) is 0.457. The molecule has 0 spiro atoms. The van der Waals surface area contributed by atoms with Gasteiger partial charge in [0.05, 0.1) is 0 Å². The maximum absolute atomic E-state index is 13.3. The van der Waals surface area contributed by atoms with Crippen molar-refractivity contribution in [1.82, 2.24) is 9.88 Å². The van der Waals surface area contributed by atoms with Gasteiger partial charge in [-0.2, -0.15) is 0 Å². The molecule has 4 nitrogen and oxygen atoms in total. The summed E-state index contributed by atoms with van der Waals surface area (Å²) in [6, 6.07) is 4.76. The Morgan fingerprint density at radius 3 is 2.71 bits per heavy atom. The smallest absolute Gasteiger partial charge is 0.191 e. The van der Waals surface area contributed by atoms with Crippen LogP contribution in [-0.4, -0.2) is 35.5 Å². The summed E-state index contributed by atoms with van der Waals surface area (Å²) in [5, 5.41) is 0.918. The van der Waals surface area contributed by atoms with Gasteiger partial charge in [0.1, 0.15) is 5.82 Å². The summed E-state index contributed by atoms with van der Waals surface area (Å²) < 4.78 is 13.3. The summed E-state index contributed by atoms with van der Waals surface area (Å²) in [4.78, 5) is 9.53. The molecule has 0 amide bonds. The second-order valence-electron chi connectivity index (χ2n) is 4.67. The number of guanidine groups is 1. The van der Waals surface area contributed by atoms with E-state index in [2.05, 4.69) is 9.98 Å². The molecule has 0 aliphatic carbocycles. The first kappa shape index (κ1) is 17.7. The molecule has 2 aromatic rings. The van der Waals surface area contributed by atoms with Gasteiger partial charge in [0.2, 0.25) is 0 Å². The number of aliphatic imine (C=N–C) groups is 1. The van der Waals surface area contributed by atoms with Crippen LogP contribution >= 0.6 is 24.0 Å². The van der Waals surface area contributed by atoms with E-state index in [4.69, 9.17) is 5.73 Å². The third-order valence-electron chi connectivity index (χ3n) is 3.47. The third kappa shape index (κ3) is 4.33. The molecule has 0 atom stereocenters. The number of rotatable bonds is 5. The summed E-state index contributed by atoms with van der Waals surface area (Å²) in [6.07, 6.45) is 2.65. The van der Waals surface area contributed by atoms with E-state index in [1.54, 1.807) is 12.1 Å². The van der Waals surface area contributed by atoms with Crippen LogP contribution in [0.25, 0.3) is 10.9 Å². The molecule has 0 bridgehead atoms. The number of nitrogens with one attached hydrogen (secondary N) is 1. The number of benzene rings is 1. The molecular weight excluding hydrogens is 382 g/mol. The van der Waals surface area contributed by atoms with Crippen LogP contribution in [-0.2, 0) is 6.42 Å². The van der Waals surface area contributed by atoms with Crippen LogP contribution in [0, 0.1) is 5.82 Å². The van der Waals surface area contributed by atoms with Gasteiger partial charge in [0.25, 0.3) is 0 Å². The second kappa shape index (κ2) is 8.21. The lowest BCUT2D eigenvalue weighted by atomic mass is 10.1. The largest absolute Gasteiger partial charge is 0.370 e. The lowest BCUT2D eigenvalue weighted by Crippen LogP contribution is -2.37. The number of halogens is 2. The highest BCUT2D eigenvalue weighted by Gasteiger charge is 2.05. The summed E-state index contributed by atoms with van der Waals surface area (Å²) in [5.41, 5.74) is 7.94. The highest BCUT2D eigenvalue weighted by molar-refractivity contribution is 14.0. The van der Waals surface area contributed by atoms with Crippen LogP contribution in [0.15, 0.2) is 29.4 Å². The zero-order chi connectivity index (χ0) is 14.5. The van der Waals surface area contributed by atoms with Crippen LogP contribution in [0.2, 0.25) is 0 Å². The Bertz CT molecular complexity index is 605. The fourth-order valence-electron chi connectivity index (χ4n) is 2.30. The van der Waals surface area contributed by atoms with Crippen molar-refractivity contribution >= 4 is 40.8 Å². The van der Waals surface area contributed by atoms with Gasteiger partial charge in [-0.15, -0.1) is 24.0 Å². The first-order valence-electron chi connectivity index (χ1n) is 6.96. The zero-order valence-corrected chi connectivity index (χ0v) is 14.7. The number of aromatic nitrogens is 1. The Morgan fingerprint density at radius 2 is 2.05 bits per heavy atom. The van der Waals surface area contributed by atoms with E-state index in [0.29, 0.717) is 12.5 Å². The topological polar surface area (TPSA) is 57.4 Å². The molecule has 0 aliphatic rings. The Hall–Kier alpha value is -1.31. The molecule has 21 heavy (non-hydrogen) atoms. The first-order valence-corrected chi connectivity index (χ1v) is 6.96. The molecule has 1 heterocycles. The average Bonchev–Trinajstić information content (AvgIpc) is 2.83. The van der Waals surface area contributed by atoms with E-state index in [1.807, 2.05) is 24.9 Å². The first-order chi connectivity index (χ1) is 9.65. The van der Waals surface area contributed by atoms with Gasteiger partial charge in [-0.05, 0) is 44.0 Å². The van der Waals surface area contributed by atoms with Crippen molar-refractivity contribution < 1.29 is 4.39 Å². The molecule has 0 unspecified atom stereocenters. The summed E-state index contributed by atoms with van der Waals surface area (Å²) in [7, 11) is 0. The van der Waals surface area contributed by atoms with E-state index >= 15 is 0 Å². The molecule has 0 fully saturated rings. The Morgan fingerprint density at radius 1 is 1.33 bits per heavy atom. The Labute approximate surface area is 141 Å². The number of H-pyrrole nitrogens is 1. The number of nitrogens with zero attached hydrogens (tertiary/aromatic N) is 2. The van der Waals surface area contributed by atoms with Crippen LogP contribution in [0.5, 0.6) is 0 Å². The Balaban J connectivity index is 0.00000220. The van der Waals surface area contributed by atoms with Gasteiger partial charge in [-0.25, -0.2) is 4.39 Å². The van der Waals surface area contributed by atoms with Crippen LogP contribution in [0.1, 0.15) is 19.4 Å². The normalized spacial score (nSPS) is 11.5. The van der Waals surface area contributed by atoms with Crippen LogP contribution in [0.4, 0.5) is 4.39 Å². The van der Waals surface area contributed by atoms with Crippen molar-refractivity contribution in [3.05, 3.63) is 35.8 Å². The molecular formula is C15H22FIN4. The van der Waals surface area contributed by atoms with E-state index < -0.39 is 0 Å². The number of hydrogen-bond acceptors (Lipinski definition) is 1. The molecule has 6 heteroatoms. The van der Waals surface area contributed by atoms with Gasteiger partial charge in [0.15, 0.2) is 5.96 Å². The fourth-order valence-corrected chi connectivity index (χ4v) is 2.30. The standard InChI is InChI=1S/C15H21FN4.HI/c1-3-20(4-2)15(17)18-8-7-11-10-19-14-6-5-12(16)9-13(11)14;/h5-6,9-10,19H,3-4,7-8H2,1-2H3,(H2,17,18);1H. The van der Waals surface area contributed by atoms with E-state index in [1.165, 1.54) is 6.07 Å². The SMILES string of the molecule is CCN(CC)C(N)=NCCc1c[nH]c2ccc(F)cc12.I. The molecule has 2 rings (SSSR count). The lowest BCUT2D eigenvalue weighted by Gasteiger charge is -2.19.